The van der Waals surface area contributed by atoms with Crippen LogP contribution in [0.3, 0.4) is 0 Å². The van der Waals surface area contributed by atoms with Crippen LogP contribution in [0.2, 0.25) is 0 Å². The molecular weight excluding hydrogens is 311 g/mol. The third-order valence-corrected chi connectivity index (χ3v) is 2.86. The molecular formula is C11H9BrF3N3. The highest BCUT2D eigenvalue weighted by molar-refractivity contribution is 9.10. The lowest BCUT2D eigenvalue weighted by molar-refractivity contribution is -0.144. The summed E-state index contributed by atoms with van der Waals surface area (Å²) in [6.45, 7) is 0.0271. The van der Waals surface area contributed by atoms with Crippen molar-refractivity contribution in [2.75, 3.05) is 5.73 Å². The van der Waals surface area contributed by atoms with Gasteiger partial charge < -0.3 is 5.73 Å². The summed E-state index contributed by atoms with van der Waals surface area (Å²) in [5.41, 5.74) is 5.18. The molecule has 0 fully saturated rings. The van der Waals surface area contributed by atoms with Crippen LogP contribution < -0.4 is 5.73 Å². The number of benzene rings is 1. The molecule has 0 radical (unpaired) electrons. The van der Waals surface area contributed by atoms with Gasteiger partial charge in [-0.15, -0.1) is 0 Å². The molecule has 2 rings (SSSR count). The van der Waals surface area contributed by atoms with Gasteiger partial charge in [-0.25, -0.2) is 0 Å². The van der Waals surface area contributed by atoms with Gasteiger partial charge in [-0.2, -0.15) is 18.3 Å². The molecule has 0 atom stereocenters. The van der Waals surface area contributed by atoms with Crippen LogP contribution in [0.5, 0.6) is 0 Å². The Kier molecular flexibility index (Phi) is 3.34. The number of halogens is 4. The second kappa shape index (κ2) is 4.64. The molecule has 0 amide bonds. The lowest BCUT2D eigenvalue weighted by Gasteiger charge is -2.10. The van der Waals surface area contributed by atoms with Gasteiger partial charge in [0.25, 0.3) is 0 Å². The second-order valence-corrected chi connectivity index (χ2v) is 4.65. The minimum absolute atomic E-state index is 0.0271. The smallest absolute Gasteiger partial charge is 0.382 e. The number of alkyl halides is 3. The Bertz CT molecular complexity index is 546. The van der Waals surface area contributed by atoms with E-state index in [1.54, 1.807) is 24.3 Å². The zero-order valence-electron chi connectivity index (χ0n) is 9.08. The summed E-state index contributed by atoms with van der Waals surface area (Å²) in [5, 5.41) is 3.66. The number of nitrogens with zero attached hydrogens (tertiary/aromatic N) is 2. The maximum absolute atomic E-state index is 12.7. The lowest BCUT2D eigenvalue weighted by atomic mass is 10.2. The third-order valence-electron chi connectivity index (χ3n) is 2.33. The fourth-order valence-corrected chi connectivity index (χ4v) is 1.81. The van der Waals surface area contributed by atoms with Crippen LogP contribution in [0, 0.1) is 0 Å². The highest BCUT2D eigenvalue weighted by Crippen LogP contribution is 2.30. The average Bonchev–Trinajstić information content (AvgIpc) is 2.63. The normalized spacial score (nSPS) is 11.8. The van der Waals surface area contributed by atoms with Crippen molar-refractivity contribution in [1.82, 2.24) is 9.78 Å². The van der Waals surface area contributed by atoms with Crippen LogP contribution in [0.1, 0.15) is 11.3 Å². The van der Waals surface area contributed by atoms with Gasteiger partial charge in [-0.05, 0) is 17.7 Å². The maximum atomic E-state index is 12.7. The first-order chi connectivity index (χ1) is 8.36. The summed E-state index contributed by atoms with van der Waals surface area (Å²) in [5.74, 6) is -0.139. The molecule has 2 aromatic rings. The maximum Gasteiger partial charge on any atom is 0.433 e. The summed E-state index contributed by atoms with van der Waals surface area (Å²) >= 11 is 3.26. The highest BCUT2D eigenvalue weighted by atomic mass is 79.9. The third kappa shape index (κ3) is 2.84. The van der Waals surface area contributed by atoms with Gasteiger partial charge >= 0.3 is 6.18 Å². The standard InChI is InChI=1S/C11H9BrF3N3/c12-8-3-1-7(2-4-8)6-18-9(11(13,14)15)5-10(16)17-18/h1-5H,6H2,(H2,16,17). The van der Waals surface area contributed by atoms with Gasteiger partial charge in [-0.1, -0.05) is 28.1 Å². The van der Waals surface area contributed by atoms with Crippen molar-refractivity contribution in [2.45, 2.75) is 12.7 Å². The van der Waals surface area contributed by atoms with E-state index in [0.717, 1.165) is 15.2 Å². The van der Waals surface area contributed by atoms with Crippen LogP contribution in [0.25, 0.3) is 0 Å². The van der Waals surface area contributed by atoms with Crippen molar-refractivity contribution < 1.29 is 13.2 Å². The number of hydrogen-bond acceptors (Lipinski definition) is 2. The summed E-state index contributed by atoms with van der Waals surface area (Å²) in [7, 11) is 0. The Morgan fingerprint density at radius 1 is 1.22 bits per heavy atom. The molecule has 18 heavy (non-hydrogen) atoms. The van der Waals surface area contributed by atoms with E-state index >= 15 is 0 Å². The van der Waals surface area contributed by atoms with E-state index in [0.29, 0.717) is 5.56 Å². The van der Waals surface area contributed by atoms with Crippen LogP contribution in [-0.2, 0) is 12.7 Å². The first-order valence-electron chi connectivity index (χ1n) is 5.01. The summed E-state index contributed by atoms with van der Waals surface area (Å²) in [6.07, 6.45) is -4.46. The highest BCUT2D eigenvalue weighted by Gasteiger charge is 2.35. The molecule has 2 N–H and O–H groups in total. The zero-order valence-corrected chi connectivity index (χ0v) is 10.7. The molecule has 0 spiro atoms. The van der Waals surface area contributed by atoms with Gasteiger partial charge in [0.05, 0.1) is 6.54 Å². The Balaban J connectivity index is 2.31. The Morgan fingerprint density at radius 2 is 1.83 bits per heavy atom. The molecule has 0 aliphatic rings. The average molecular weight is 320 g/mol. The van der Waals surface area contributed by atoms with Crippen molar-refractivity contribution in [1.29, 1.82) is 0 Å². The van der Waals surface area contributed by atoms with Crippen molar-refractivity contribution in [3.8, 4) is 0 Å². The molecule has 96 valence electrons. The Labute approximate surface area is 110 Å². The van der Waals surface area contributed by atoms with Gasteiger partial charge in [-0.3, -0.25) is 4.68 Å². The van der Waals surface area contributed by atoms with Gasteiger partial charge in [0.15, 0.2) is 0 Å². The summed E-state index contributed by atoms with van der Waals surface area (Å²) in [6, 6.07) is 7.80. The Hall–Kier alpha value is -1.50. The van der Waals surface area contributed by atoms with Crippen LogP contribution in [0.15, 0.2) is 34.8 Å². The largest absolute Gasteiger partial charge is 0.433 e. The first kappa shape index (κ1) is 12.9. The van der Waals surface area contributed by atoms with E-state index < -0.39 is 11.9 Å². The van der Waals surface area contributed by atoms with E-state index in [-0.39, 0.29) is 12.4 Å². The van der Waals surface area contributed by atoms with E-state index in [1.807, 2.05) is 0 Å². The number of aromatic nitrogens is 2. The molecule has 1 heterocycles. The fraction of sp³-hybridized carbons (Fsp3) is 0.182. The van der Waals surface area contributed by atoms with Crippen LogP contribution in [0.4, 0.5) is 19.0 Å². The van der Waals surface area contributed by atoms with Crippen LogP contribution in [-0.4, -0.2) is 9.78 Å². The molecule has 1 aromatic heterocycles. The SMILES string of the molecule is Nc1cc(C(F)(F)F)n(Cc2ccc(Br)cc2)n1. The van der Waals surface area contributed by atoms with Crippen molar-refractivity contribution in [3.05, 3.63) is 46.1 Å². The quantitative estimate of drug-likeness (QED) is 0.923. The topological polar surface area (TPSA) is 43.8 Å². The van der Waals surface area contributed by atoms with Gasteiger partial charge in [0.2, 0.25) is 0 Å². The molecule has 0 aliphatic heterocycles. The molecule has 0 aliphatic carbocycles. The summed E-state index contributed by atoms with van der Waals surface area (Å²) < 4.78 is 39.8. The van der Waals surface area contributed by atoms with Crippen molar-refractivity contribution in [2.24, 2.45) is 0 Å². The van der Waals surface area contributed by atoms with E-state index in [4.69, 9.17) is 5.73 Å². The molecule has 0 unspecified atom stereocenters. The second-order valence-electron chi connectivity index (χ2n) is 3.74. The molecule has 3 nitrogen and oxygen atoms in total. The monoisotopic (exact) mass is 319 g/mol. The zero-order chi connectivity index (χ0) is 13.3. The van der Waals surface area contributed by atoms with Crippen molar-refractivity contribution in [3.63, 3.8) is 0 Å². The predicted molar refractivity (Wildman–Crippen MR) is 64.9 cm³/mol. The Morgan fingerprint density at radius 3 is 2.39 bits per heavy atom. The number of nitrogens with two attached hydrogens (primary N) is 1. The number of nitrogen functional groups attached to an aromatic ring is 1. The van der Waals surface area contributed by atoms with Gasteiger partial charge in [0, 0.05) is 10.5 Å². The van der Waals surface area contributed by atoms with E-state index in [2.05, 4.69) is 21.0 Å². The summed E-state index contributed by atoms with van der Waals surface area (Å²) in [4.78, 5) is 0. The van der Waals surface area contributed by atoms with E-state index in [1.165, 1.54) is 0 Å². The minimum Gasteiger partial charge on any atom is -0.382 e. The molecule has 7 heteroatoms. The first-order valence-corrected chi connectivity index (χ1v) is 5.80. The fourth-order valence-electron chi connectivity index (χ4n) is 1.55. The molecule has 1 aromatic carbocycles. The van der Waals surface area contributed by atoms with Crippen molar-refractivity contribution >= 4 is 21.7 Å². The van der Waals surface area contributed by atoms with Crippen LogP contribution >= 0.6 is 15.9 Å². The predicted octanol–water partition coefficient (Wildman–Crippen LogP) is 3.29. The number of hydrogen-bond donors (Lipinski definition) is 1. The number of rotatable bonds is 2. The number of anilines is 1. The minimum atomic E-state index is -4.46. The molecule has 0 saturated heterocycles. The molecule has 0 saturated carbocycles. The molecule has 0 bridgehead atoms. The lowest BCUT2D eigenvalue weighted by Crippen LogP contribution is -2.15. The van der Waals surface area contributed by atoms with E-state index in [9.17, 15) is 13.2 Å². The van der Waals surface area contributed by atoms with Gasteiger partial charge in [0.1, 0.15) is 11.5 Å².